The fourth-order valence-corrected chi connectivity index (χ4v) is 4.77. The Kier molecular flexibility index (Phi) is 6.58. The van der Waals surface area contributed by atoms with Crippen LogP contribution < -0.4 is 4.31 Å². The second kappa shape index (κ2) is 9.14. The van der Waals surface area contributed by atoms with Crippen LogP contribution in [0.1, 0.15) is 28.7 Å². The average molecular weight is 418 g/mol. The molecule has 0 N–H and O–H groups in total. The molecule has 30 heavy (non-hydrogen) atoms. The molecule has 3 aromatic carbocycles. The van der Waals surface area contributed by atoms with Gasteiger partial charge in [-0.15, -0.1) is 6.58 Å². The second-order valence-corrected chi connectivity index (χ2v) is 9.19. The predicted molar refractivity (Wildman–Crippen MR) is 126 cm³/mol. The molecule has 0 aliphatic heterocycles. The van der Waals surface area contributed by atoms with Crippen molar-refractivity contribution in [1.29, 1.82) is 0 Å². The van der Waals surface area contributed by atoms with Crippen LogP contribution in [0.2, 0.25) is 0 Å². The van der Waals surface area contributed by atoms with E-state index in [-0.39, 0.29) is 4.90 Å². The summed E-state index contributed by atoms with van der Waals surface area (Å²) in [5, 5.41) is 0. The Hall–Kier alpha value is -3.11. The van der Waals surface area contributed by atoms with E-state index in [1.165, 1.54) is 4.31 Å². The number of para-hydroxylation sites is 1. The molecule has 0 saturated carbocycles. The van der Waals surface area contributed by atoms with Gasteiger partial charge >= 0.3 is 0 Å². The molecule has 0 atom stereocenters. The first-order valence-corrected chi connectivity index (χ1v) is 11.3. The first-order valence-electron chi connectivity index (χ1n) is 9.90. The average Bonchev–Trinajstić information content (AvgIpc) is 2.74. The van der Waals surface area contributed by atoms with Crippen LogP contribution in [0.3, 0.4) is 0 Å². The molecule has 3 aromatic rings. The summed E-state index contributed by atoms with van der Waals surface area (Å²) in [6, 6.07) is 22.5. The van der Waals surface area contributed by atoms with Gasteiger partial charge in [0.15, 0.2) is 0 Å². The lowest BCUT2D eigenvalue weighted by molar-refractivity contribution is 0.591. The lowest BCUT2D eigenvalue weighted by atomic mass is 9.97. The van der Waals surface area contributed by atoms with Crippen LogP contribution in [-0.2, 0) is 10.0 Å². The fraction of sp³-hybridized carbons (Fsp3) is 0.154. The lowest BCUT2D eigenvalue weighted by Gasteiger charge is -2.27. The van der Waals surface area contributed by atoms with E-state index < -0.39 is 10.0 Å². The molecule has 0 spiro atoms. The smallest absolute Gasteiger partial charge is 0.264 e. The highest BCUT2D eigenvalue weighted by atomic mass is 32.2. The molecule has 0 bridgehead atoms. The molecule has 0 heterocycles. The van der Waals surface area contributed by atoms with Crippen LogP contribution >= 0.6 is 0 Å². The Balaban J connectivity index is 2.11. The Morgan fingerprint density at radius 1 is 0.900 bits per heavy atom. The zero-order valence-electron chi connectivity index (χ0n) is 17.5. The van der Waals surface area contributed by atoms with Gasteiger partial charge in [-0.25, -0.2) is 8.42 Å². The molecular weight excluding hydrogens is 390 g/mol. The highest BCUT2D eigenvalue weighted by Crippen LogP contribution is 2.34. The van der Waals surface area contributed by atoms with E-state index in [0.717, 1.165) is 27.8 Å². The van der Waals surface area contributed by atoms with E-state index in [1.807, 2.05) is 74.5 Å². The Labute approximate surface area is 180 Å². The molecule has 0 unspecified atom stereocenters. The summed E-state index contributed by atoms with van der Waals surface area (Å²) in [6.45, 7) is 12.3. The number of nitrogens with zero attached hydrogens (tertiary/aromatic N) is 1. The van der Waals surface area contributed by atoms with Crippen LogP contribution in [0.5, 0.6) is 0 Å². The Bertz CT molecular complexity index is 1140. The Morgan fingerprint density at radius 3 is 2.07 bits per heavy atom. The van der Waals surface area contributed by atoms with Crippen molar-refractivity contribution in [1.82, 2.24) is 0 Å². The zero-order chi connectivity index (χ0) is 21.7. The van der Waals surface area contributed by atoms with Crippen LogP contribution in [0, 0.1) is 13.8 Å². The van der Waals surface area contributed by atoms with Gasteiger partial charge in [0.2, 0.25) is 0 Å². The van der Waals surface area contributed by atoms with Gasteiger partial charge < -0.3 is 0 Å². The van der Waals surface area contributed by atoms with Gasteiger partial charge in [0, 0.05) is 12.1 Å². The number of anilines is 1. The molecule has 0 fully saturated rings. The predicted octanol–water partition coefficient (Wildman–Crippen LogP) is 6.14. The maximum absolute atomic E-state index is 13.6. The molecular formula is C26H27NO2S. The van der Waals surface area contributed by atoms with Crippen LogP contribution in [0.15, 0.2) is 96.9 Å². The molecule has 4 heteroatoms. The molecule has 154 valence electrons. The van der Waals surface area contributed by atoms with Crippen molar-refractivity contribution < 1.29 is 8.42 Å². The number of aryl methyl sites for hydroxylation is 2. The molecule has 0 aliphatic carbocycles. The van der Waals surface area contributed by atoms with Crippen molar-refractivity contribution in [3.8, 4) is 0 Å². The third kappa shape index (κ3) is 4.55. The molecule has 3 nitrogen and oxygen atoms in total. The van der Waals surface area contributed by atoms with Gasteiger partial charge in [-0.3, -0.25) is 4.31 Å². The molecule has 0 aliphatic rings. The van der Waals surface area contributed by atoms with Crippen LogP contribution in [0.25, 0.3) is 5.57 Å². The van der Waals surface area contributed by atoms with E-state index in [9.17, 15) is 8.42 Å². The Morgan fingerprint density at radius 2 is 1.47 bits per heavy atom. The molecule has 3 rings (SSSR count). The summed E-state index contributed by atoms with van der Waals surface area (Å²) in [7, 11) is -3.74. The third-order valence-corrected chi connectivity index (χ3v) is 6.87. The van der Waals surface area contributed by atoms with Gasteiger partial charge in [0.1, 0.15) is 0 Å². The highest BCUT2D eigenvalue weighted by Gasteiger charge is 2.26. The van der Waals surface area contributed by atoms with Gasteiger partial charge in [0.25, 0.3) is 10.0 Å². The van der Waals surface area contributed by atoms with E-state index in [1.54, 1.807) is 18.2 Å². The van der Waals surface area contributed by atoms with Gasteiger partial charge in [-0.1, -0.05) is 78.4 Å². The van der Waals surface area contributed by atoms with E-state index in [4.69, 9.17) is 0 Å². The van der Waals surface area contributed by atoms with E-state index in [2.05, 4.69) is 13.2 Å². The number of sulfonamides is 1. The quantitative estimate of drug-likeness (QED) is 0.413. The van der Waals surface area contributed by atoms with Crippen LogP contribution in [-0.4, -0.2) is 15.0 Å². The normalized spacial score (nSPS) is 11.1. The zero-order valence-corrected chi connectivity index (χ0v) is 18.3. The highest BCUT2D eigenvalue weighted by molar-refractivity contribution is 7.92. The van der Waals surface area contributed by atoms with Crippen molar-refractivity contribution in [2.75, 3.05) is 10.8 Å². The third-order valence-electron chi connectivity index (χ3n) is 5.04. The maximum Gasteiger partial charge on any atom is 0.264 e. The summed E-state index contributed by atoms with van der Waals surface area (Å²) in [5.41, 5.74) is 5.33. The second-order valence-electron chi connectivity index (χ2n) is 7.33. The van der Waals surface area contributed by atoms with Gasteiger partial charge in [-0.05, 0) is 49.6 Å². The monoisotopic (exact) mass is 417 g/mol. The first kappa shape index (κ1) is 21.6. The van der Waals surface area contributed by atoms with Crippen molar-refractivity contribution in [2.24, 2.45) is 0 Å². The summed E-state index contributed by atoms with van der Waals surface area (Å²) < 4.78 is 28.6. The summed E-state index contributed by atoms with van der Waals surface area (Å²) in [5.74, 6) is 0. The summed E-state index contributed by atoms with van der Waals surface area (Å²) in [6.07, 6.45) is 2.27. The van der Waals surface area contributed by atoms with E-state index in [0.29, 0.717) is 18.7 Å². The number of rotatable bonds is 8. The minimum atomic E-state index is -3.74. The van der Waals surface area contributed by atoms with Gasteiger partial charge in [-0.2, -0.15) is 0 Å². The van der Waals surface area contributed by atoms with Crippen molar-refractivity contribution >= 4 is 21.3 Å². The maximum atomic E-state index is 13.6. The molecule has 0 saturated heterocycles. The minimum Gasteiger partial charge on any atom is -0.265 e. The summed E-state index contributed by atoms with van der Waals surface area (Å²) >= 11 is 0. The molecule has 0 amide bonds. The topological polar surface area (TPSA) is 37.4 Å². The SMILES string of the molecule is C=CCCN(c1ccccc1C(=C)c1ccc(C)cc1)S(=O)(=O)c1ccc(C)cc1. The standard InChI is InChI=1S/C26H27NO2S/c1-5-6-19-27(30(28,29)24-17-13-21(3)14-18-24)26-10-8-7-9-25(26)22(4)23-15-11-20(2)12-16-23/h5,7-18H,1,4,6,19H2,2-3H3. The number of hydrogen-bond donors (Lipinski definition) is 0. The number of hydrogen-bond acceptors (Lipinski definition) is 2. The fourth-order valence-electron chi connectivity index (χ4n) is 3.27. The van der Waals surface area contributed by atoms with Crippen LogP contribution in [0.4, 0.5) is 5.69 Å². The minimum absolute atomic E-state index is 0.271. The largest absolute Gasteiger partial charge is 0.265 e. The van der Waals surface area contributed by atoms with E-state index >= 15 is 0 Å². The number of benzene rings is 3. The van der Waals surface area contributed by atoms with Gasteiger partial charge in [0.05, 0.1) is 10.6 Å². The van der Waals surface area contributed by atoms with Crippen molar-refractivity contribution in [3.05, 3.63) is 114 Å². The lowest BCUT2D eigenvalue weighted by Crippen LogP contribution is -2.32. The van der Waals surface area contributed by atoms with Crippen molar-refractivity contribution in [2.45, 2.75) is 25.2 Å². The molecule has 0 radical (unpaired) electrons. The first-order chi connectivity index (χ1) is 14.3. The van der Waals surface area contributed by atoms with Crippen molar-refractivity contribution in [3.63, 3.8) is 0 Å². The summed E-state index contributed by atoms with van der Waals surface area (Å²) in [4.78, 5) is 0.271. The molecule has 0 aromatic heterocycles.